The Morgan fingerprint density at radius 3 is 2.38 bits per heavy atom. The number of rotatable bonds is 10. The van der Waals surface area contributed by atoms with Crippen LogP contribution < -0.4 is 16.4 Å². The predicted molar refractivity (Wildman–Crippen MR) is 113 cm³/mol. The molecule has 1 saturated heterocycles. The van der Waals surface area contributed by atoms with Crippen LogP contribution in [0.15, 0.2) is 30.3 Å². The number of piperazine rings is 1. The van der Waals surface area contributed by atoms with E-state index in [4.69, 9.17) is 5.73 Å². The summed E-state index contributed by atoms with van der Waals surface area (Å²) in [5.74, 6) is -1.29. The summed E-state index contributed by atoms with van der Waals surface area (Å²) >= 11 is 0. The Kier molecular flexibility index (Phi) is 8.18. The number of carbonyl (C=O) groups excluding carboxylic acids is 2. The predicted octanol–water partition coefficient (Wildman–Crippen LogP) is 0.241. The topological polar surface area (TPSA) is 122 Å². The summed E-state index contributed by atoms with van der Waals surface area (Å²) in [6.45, 7) is 5.89. The van der Waals surface area contributed by atoms with Gasteiger partial charge in [0.15, 0.2) is 0 Å². The van der Waals surface area contributed by atoms with Crippen molar-refractivity contribution in [3.8, 4) is 0 Å². The summed E-state index contributed by atoms with van der Waals surface area (Å²) in [6, 6.07) is 9.34. The molecule has 4 N–H and O–H groups in total. The third kappa shape index (κ3) is 6.80. The molecular formula is C20H32N4O4S. The molecule has 0 bridgehead atoms. The molecule has 1 fully saturated rings. The van der Waals surface area contributed by atoms with E-state index in [0.29, 0.717) is 32.6 Å². The van der Waals surface area contributed by atoms with Gasteiger partial charge in [0.2, 0.25) is 21.8 Å². The minimum atomic E-state index is -3.52. The molecule has 1 aliphatic heterocycles. The van der Waals surface area contributed by atoms with Crippen LogP contribution in [0.5, 0.6) is 0 Å². The first kappa shape index (κ1) is 23.3. The average molecular weight is 425 g/mol. The zero-order valence-electron chi connectivity index (χ0n) is 17.2. The highest BCUT2D eigenvalue weighted by Crippen LogP contribution is 2.23. The smallest absolute Gasteiger partial charge is 0.243 e. The standard InChI is InChI=1S/C20H32N4O4S/c1-16(2)14-20(19(21)26,15-17-6-4-3-5-7-17)23-18(25)8-13-29(27,28)24-11-9-22-10-12-24/h3-7,16,22H,8-15H2,1-2H3,(H2,21,26)(H,23,25)/t20-/m0/s1. The van der Waals surface area contributed by atoms with E-state index in [2.05, 4.69) is 10.6 Å². The van der Waals surface area contributed by atoms with E-state index in [1.165, 1.54) is 4.31 Å². The highest BCUT2D eigenvalue weighted by molar-refractivity contribution is 7.89. The van der Waals surface area contributed by atoms with Gasteiger partial charge in [-0.3, -0.25) is 9.59 Å². The molecule has 1 aliphatic rings. The van der Waals surface area contributed by atoms with Crippen molar-refractivity contribution in [3.63, 3.8) is 0 Å². The zero-order chi connectivity index (χ0) is 21.5. The molecule has 0 unspecified atom stereocenters. The summed E-state index contributed by atoms with van der Waals surface area (Å²) in [7, 11) is -3.52. The number of nitrogens with two attached hydrogens (primary N) is 1. The minimum Gasteiger partial charge on any atom is -0.368 e. The molecule has 1 aromatic carbocycles. The summed E-state index contributed by atoms with van der Waals surface area (Å²) in [5.41, 5.74) is 5.35. The molecular weight excluding hydrogens is 392 g/mol. The third-order valence-electron chi connectivity index (χ3n) is 5.01. The number of nitrogens with one attached hydrogen (secondary N) is 2. The van der Waals surface area contributed by atoms with Crippen LogP contribution in [0.1, 0.15) is 32.3 Å². The van der Waals surface area contributed by atoms with Crippen LogP contribution in [0, 0.1) is 5.92 Å². The highest BCUT2D eigenvalue weighted by Gasteiger charge is 2.39. The van der Waals surface area contributed by atoms with E-state index in [9.17, 15) is 18.0 Å². The van der Waals surface area contributed by atoms with Gasteiger partial charge in [-0.15, -0.1) is 0 Å². The molecule has 1 atom stereocenters. The van der Waals surface area contributed by atoms with Crippen LogP contribution in [0.2, 0.25) is 0 Å². The summed E-state index contributed by atoms with van der Waals surface area (Å²) in [5, 5.41) is 5.88. The quantitative estimate of drug-likeness (QED) is 0.497. The molecule has 0 spiro atoms. The molecule has 2 rings (SSSR count). The number of primary amides is 1. The fourth-order valence-corrected chi connectivity index (χ4v) is 5.10. The first-order chi connectivity index (χ1) is 13.6. The van der Waals surface area contributed by atoms with E-state index in [0.717, 1.165) is 5.56 Å². The summed E-state index contributed by atoms with van der Waals surface area (Å²) < 4.78 is 26.4. The van der Waals surface area contributed by atoms with Crippen molar-refractivity contribution in [1.82, 2.24) is 14.9 Å². The van der Waals surface area contributed by atoms with Crippen molar-refractivity contribution in [2.75, 3.05) is 31.9 Å². The monoisotopic (exact) mass is 424 g/mol. The van der Waals surface area contributed by atoms with Crippen LogP contribution in [-0.4, -0.2) is 62.0 Å². The maximum atomic E-state index is 12.7. The van der Waals surface area contributed by atoms with E-state index < -0.39 is 27.4 Å². The molecule has 0 radical (unpaired) electrons. The molecule has 0 aromatic heterocycles. The Hall–Kier alpha value is -1.97. The van der Waals surface area contributed by atoms with Gasteiger partial charge < -0.3 is 16.4 Å². The number of benzene rings is 1. The van der Waals surface area contributed by atoms with Gasteiger partial charge in [-0.2, -0.15) is 4.31 Å². The van der Waals surface area contributed by atoms with Gasteiger partial charge in [-0.05, 0) is 17.9 Å². The zero-order valence-corrected chi connectivity index (χ0v) is 18.0. The second-order valence-electron chi connectivity index (χ2n) is 7.97. The van der Waals surface area contributed by atoms with Crippen LogP contribution in [-0.2, 0) is 26.0 Å². The van der Waals surface area contributed by atoms with Gasteiger partial charge in [-0.1, -0.05) is 44.2 Å². The lowest BCUT2D eigenvalue weighted by Gasteiger charge is -2.34. The van der Waals surface area contributed by atoms with Gasteiger partial charge in [-0.25, -0.2) is 8.42 Å². The molecule has 9 heteroatoms. The molecule has 1 heterocycles. The van der Waals surface area contributed by atoms with Gasteiger partial charge in [0.25, 0.3) is 0 Å². The second kappa shape index (κ2) is 10.2. The Morgan fingerprint density at radius 2 is 1.83 bits per heavy atom. The first-order valence-electron chi connectivity index (χ1n) is 9.98. The molecule has 0 saturated carbocycles. The van der Waals surface area contributed by atoms with Gasteiger partial charge >= 0.3 is 0 Å². The fourth-order valence-electron chi connectivity index (χ4n) is 3.66. The maximum absolute atomic E-state index is 12.7. The van der Waals surface area contributed by atoms with Crippen molar-refractivity contribution in [2.24, 2.45) is 11.7 Å². The lowest BCUT2D eigenvalue weighted by Crippen LogP contribution is -2.60. The Balaban J connectivity index is 2.10. The van der Waals surface area contributed by atoms with Gasteiger partial charge in [0, 0.05) is 39.0 Å². The number of hydrogen-bond donors (Lipinski definition) is 3. The molecule has 8 nitrogen and oxygen atoms in total. The normalized spacial score (nSPS) is 17.6. The Morgan fingerprint density at radius 1 is 1.21 bits per heavy atom. The minimum absolute atomic E-state index is 0.107. The summed E-state index contributed by atoms with van der Waals surface area (Å²) in [4.78, 5) is 25.1. The lowest BCUT2D eigenvalue weighted by molar-refractivity contribution is -0.132. The van der Waals surface area contributed by atoms with E-state index in [1.54, 1.807) is 0 Å². The van der Waals surface area contributed by atoms with Crippen molar-refractivity contribution in [2.45, 2.75) is 38.6 Å². The molecule has 162 valence electrons. The third-order valence-corrected chi connectivity index (χ3v) is 6.88. The van der Waals surface area contributed by atoms with Crippen LogP contribution >= 0.6 is 0 Å². The number of carbonyl (C=O) groups is 2. The van der Waals surface area contributed by atoms with Crippen LogP contribution in [0.3, 0.4) is 0 Å². The fraction of sp³-hybridized carbons (Fsp3) is 0.600. The van der Waals surface area contributed by atoms with Crippen LogP contribution in [0.4, 0.5) is 0 Å². The molecule has 0 aliphatic carbocycles. The lowest BCUT2D eigenvalue weighted by atomic mass is 9.82. The van der Waals surface area contributed by atoms with E-state index in [-0.39, 0.29) is 24.5 Å². The molecule has 2 amide bonds. The van der Waals surface area contributed by atoms with Gasteiger partial charge in [0.05, 0.1) is 5.75 Å². The van der Waals surface area contributed by atoms with Crippen molar-refractivity contribution in [3.05, 3.63) is 35.9 Å². The van der Waals surface area contributed by atoms with Gasteiger partial charge in [0.1, 0.15) is 5.54 Å². The Bertz CT molecular complexity index is 792. The molecule has 29 heavy (non-hydrogen) atoms. The Labute approximate surface area is 173 Å². The average Bonchev–Trinajstić information content (AvgIpc) is 2.67. The van der Waals surface area contributed by atoms with Crippen molar-refractivity contribution in [1.29, 1.82) is 0 Å². The largest absolute Gasteiger partial charge is 0.368 e. The van der Waals surface area contributed by atoms with E-state index in [1.807, 2.05) is 44.2 Å². The van der Waals surface area contributed by atoms with E-state index >= 15 is 0 Å². The SMILES string of the molecule is CC(C)C[C@@](Cc1ccccc1)(NC(=O)CCS(=O)(=O)N1CCNCC1)C(N)=O. The highest BCUT2D eigenvalue weighted by atomic mass is 32.2. The number of amides is 2. The summed E-state index contributed by atoms with van der Waals surface area (Å²) in [6.07, 6.45) is 0.416. The van der Waals surface area contributed by atoms with Crippen LogP contribution in [0.25, 0.3) is 0 Å². The number of nitrogens with zero attached hydrogens (tertiary/aromatic N) is 1. The number of hydrogen-bond acceptors (Lipinski definition) is 5. The van der Waals surface area contributed by atoms with Crippen molar-refractivity contribution < 1.29 is 18.0 Å². The molecule has 1 aromatic rings. The maximum Gasteiger partial charge on any atom is 0.243 e. The first-order valence-corrected chi connectivity index (χ1v) is 11.6. The number of sulfonamides is 1. The second-order valence-corrected chi connectivity index (χ2v) is 10.1. The van der Waals surface area contributed by atoms with Crippen molar-refractivity contribution >= 4 is 21.8 Å².